The summed E-state index contributed by atoms with van der Waals surface area (Å²) in [6.07, 6.45) is 4.47. The number of halogens is 2. The van der Waals surface area contributed by atoms with E-state index in [9.17, 15) is 9.90 Å². The number of unbranched alkanes of at least 4 members (excludes halogenated alkanes) is 3. The number of carbonyl (C=O) groups excluding carboxylic acids is 1. The van der Waals surface area contributed by atoms with E-state index in [1.165, 1.54) is 18.9 Å². The average molecular weight is 379 g/mol. The first-order chi connectivity index (χ1) is 8.65. The van der Waals surface area contributed by atoms with Crippen molar-refractivity contribution < 1.29 is 9.90 Å². The molecule has 0 aromatic heterocycles. The topological polar surface area (TPSA) is 49.3 Å². The maximum Gasteiger partial charge on any atom is 0.251 e. The van der Waals surface area contributed by atoms with Gasteiger partial charge >= 0.3 is 0 Å². The Morgan fingerprint density at radius 3 is 2.61 bits per heavy atom. The highest BCUT2D eigenvalue weighted by Gasteiger charge is 2.07. The van der Waals surface area contributed by atoms with E-state index in [0.717, 1.165) is 18.2 Å². The molecule has 0 bridgehead atoms. The normalized spacial score (nSPS) is 10.3. The van der Waals surface area contributed by atoms with E-state index < -0.39 is 0 Å². The fraction of sp³-hybridized carbons (Fsp3) is 0.462. The zero-order valence-corrected chi connectivity index (χ0v) is 13.3. The number of phenolic OH excluding ortho intramolecular Hbond substituents is 1. The summed E-state index contributed by atoms with van der Waals surface area (Å²) in [6, 6.07) is 4.81. The van der Waals surface area contributed by atoms with Crippen molar-refractivity contribution in [1.82, 2.24) is 5.32 Å². The first kappa shape index (κ1) is 15.5. The molecule has 0 spiro atoms. The molecule has 0 radical (unpaired) electrons. The van der Waals surface area contributed by atoms with Crippen molar-refractivity contribution in [3.63, 3.8) is 0 Å². The number of hydrogen-bond acceptors (Lipinski definition) is 2. The zero-order chi connectivity index (χ0) is 13.4. The largest absolute Gasteiger partial charge is 0.507 e. The zero-order valence-electron chi connectivity index (χ0n) is 10.1. The third kappa shape index (κ3) is 5.40. The van der Waals surface area contributed by atoms with Gasteiger partial charge in [-0.3, -0.25) is 4.79 Å². The van der Waals surface area contributed by atoms with Crippen molar-refractivity contribution in [2.75, 3.05) is 11.9 Å². The molecule has 18 heavy (non-hydrogen) atoms. The molecule has 0 aliphatic heterocycles. The molecule has 0 aliphatic carbocycles. The Bertz CT molecular complexity index is 397. The van der Waals surface area contributed by atoms with Gasteiger partial charge in [0.05, 0.1) is 4.47 Å². The van der Waals surface area contributed by atoms with Crippen molar-refractivity contribution >= 4 is 37.8 Å². The molecule has 0 heterocycles. The number of alkyl halides is 1. The Labute approximate surface area is 124 Å². The fourth-order valence-electron chi connectivity index (χ4n) is 1.53. The number of phenols is 1. The first-order valence-corrected chi connectivity index (χ1v) is 7.89. The molecule has 3 nitrogen and oxygen atoms in total. The summed E-state index contributed by atoms with van der Waals surface area (Å²) in [6.45, 7) is 0.679. The maximum atomic E-state index is 11.8. The van der Waals surface area contributed by atoms with Gasteiger partial charge in [-0.25, -0.2) is 0 Å². The van der Waals surface area contributed by atoms with Crippen LogP contribution in [-0.4, -0.2) is 22.9 Å². The molecule has 0 fully saturated rings. The van der Waals surface area contributed by atoms with Crippen LogP contribution in [0.4, 0.5) is 0 Å². The second kappa shape index (κ2) is 8.53. The smallest absolute Gasteiger partial charge is 0.251 e. The van der Waals surface area contributed by atoms with Crippen molar-refractivity contribution in [2.45, 2.75) is 25.7 Å². The van der Waals surface area contributed by atoms with E-state index in [0.29, 0.717) is 16.6 Å². The lowest BCUT2D eigenvalue weighted by molar-refractivity contribution is 0.0952. The number of aromatic hydroxyl groups is 1. The van der Waals surface area contributed by atoms with Crippen molar-refractivity contribution in [2.24, 2.45) is 0 Å². The van der Waals surface area contributed by atoms with E-state index >= 15 is 0 Å². The predicted molar refractivity (Wildman–Crippen MR) is 80.4 cm³/mol. The number of carbonyl (C=O) groups is 1. The minimum absolute atomic E-state index is 0.0833. The summed E-state index contributed by atoms with van der Waals surface area (Å²) < 4.78 is 0.592. The van der Waals surface area contributed by atoms with Crippen LogP contribution in [0.5, 0.6) is 5.75 Å². The van der Waals surface area contributed by atoms with Gasteiger partial charge in [-0.15, -0.1) is 0 Å². The Kier molecular flexibility index (Phi) is 7.35. The Morgan fingerprint density at radius 2 is 1.94 bits per heavy atom. The van der Waals surface area contributed by atoms with Crippen LogP contribution >= 0.6 is 31.9 Å². The molecule has 5 heteroatoms. The van der Waals surface area contributed by atoms with Crippen LogP contribution < -0.4 is 5.32 Å². The summed E-state index contributed by atoms with van der Waals surface area (Å²) >= 11 is 6.57. The first-order valence-electron chi connectivity index (χ1n) is 5.98. The van der Waals surface area contributed by atoms with E-state index in [-0.39, 0.29) is 11.7 Å². The lowest BCUT2D eigenvalue weighted by Gasteiger charge is -2.06. The third-order valence-corrected chi connectivity index (χ3v) is 3.79. The highest BCUT2D eigenvalue weighted by atomic mass is 79.9. The molecule has 100 valence electrons. The van der Waals surface area contributed by atoms with Crippen molar-refractivity contribution in [3.05, 3.63) is 28.2 Å². The lowest BCUT2D eigenvalue weighted by Crippen LogP contribution is -2.24. The monoisotopic (exact) mass is 377 g/mol. The Hall–Kier alpha value is -0.550. The average Bonchev–Trinajstić information content (AvgIpc) is 2.36. The molecule has 1 amide bonds. The molecule has 1 aromatic rings. The summed E-state index contributed by atoms with van der Waals surface area (Å²) in [7, 11) is 0. The Balaban J connectivity index is 2.30. The number of amides is 1. The SMILES string of the molecule is O=C(NCCCCCCBr)c1ccc(Br)c(O)c1. The summed E-state index contributed by atoms with van der Waals surface area (Å²) in [5, 5.41) is 13.4. The van der Waals surface area contributed by atoms with Crippen LogP contribution in [0.15, 0.2) is 22.7 Å². The van der Waals surface area contributed by atoms with E-state index in [1.807, 2.05) is 0 Å². The second-order valence-corrected chi connectivity index (χ2v) is 5.67. The predicted octanol–water partition coefficient (Wildman–Crippen LogP) is 3.84. The van der Waals surface area contributed by atoms with E-state index in [4.69, 9.17) is 0 Å². The molecule has 0 unspecified atom stereocenters. The van der Waals surface area contributed by atoms with Gasteiger partial charge in [0.2, 0.25) is 0 Å². The van der Waals surface area contributed by atoms with Crippen molar-refractivity contribution in [1.29, 1.82) is 0 Å². The van der Waals surface area contributed by atoms with Gasteiger partial charge in [0.25, 0.3) is 5.91 Å². The van der Waals surface area contributed by atoms with Crippen molar-refractivity contribution in [3.8, 4) is 5.75 Å². The molecular weight excluding hydrogens is 362 g/mol. The van der Waals surface area contributed by atoms with Crippen LogP contribution in [0.3, 0.4) is 0 Å². The van der Waals surface area contributed by atoms with Crippen LogP contribution in [0, 0.1) is 0 Å². The molecule has 0 saturated heterocycles. The standard InChI is InChI=1S/C13H17Br2NO2/c14-7-3-1-2-4-8-16-13(18)10-5-6-11(15)12(17)9-10/h5-6,9,17H,1-4,7-8H2,(H,16,18). The molecule has 0 saturated carbocycles. The highest BCUT2D eigenvalue weighted by molar-refractivity contribution is 9.10. The summed E-state index contributed by atoms with van der Waals surface area (Å²) in [5.74, 6) is -0.0572. The highest BCUT2D eigenvalue weighted by Crippen LogP contribution is 2.24. The van der Waals surface area contributed by atoms with Gasteiger partial charge in [-0.2, -0.15) is 0 Å². The molecule has 1 aromatic carbocycles. The number of benzene rings is 1. The molecular formula is C13H17Br2NO2. The minimum Gasteiger partial charge on any atom is -0.507 e. The van der Waals surface area contributed by atoms with Gasteiger partial charge in [0.1, 0.15) is 5.75 Å². The quantitative estimate of drug-likeness (QED) is 0.559. The van der Waals surface area contributed by atoms with Crippen LogP contribution in [0.25, 0.3) is 0 Å². The number of rotatable bonds is 7. The van der Waals surface area contributed by atoms with Gasteiger partial charge in [-0.05, 0) is 47.0 Å². The minimum atomic E-state index is -0.140. The molecule has 1 rings (SSSR count). The van der Waals surface area contributed by atoms with Gasteiger partial charge < -0.3 is 10.4 Å². The second-order valence-electron chi connectivity index (χ2n) is 4.03. The lowest BCUT2D eigenvalue weighted by atomic mass is 10.2. The van der Waals surface area contributed by atoms with Crippen LogP contribution in [-0.2, 0) is 0 Å². The summed E-state index contributed by atoms with van der Waals surface area (Å²) in [5.41, 5.74) is 0.483. The van der Waals surface area contributed by atoms with Gasteiger partial charge in [-0.1, -0.05) is 28.8 Å². The van der Waals surface area contributed by atoms with E-state index in [1.54, 1.807) is 12.1 Å². The number of hydrogen-bond donors (Lipinski definition) is 2. The summed E-state index contributed by atoms with van der Waals surface area (Å²) in [4.78, 5) is 11.8. The number of nitrogens with one attached hydrogen (secondary N) is 1. The third-order valence-electron chi connectivity index (χ3n) is 2.55. The van der Waals surface area contributed by atoms with Crippen LogP contribution in [0.2, 0.25) is 0 Å². The van der Waals surface area contributed by atoms with Crippen LogP contribution in [0.1, 0.15) is 36.0 Å². The molecule has 0 atom stereocenters. The molecule has 2 N–H and O–H groups in total. The Morgan fingerprint density at radius 1 is 1.22 bits per heavy atom. The maximum absolute atomic E-state index is 11.8. The van der Waals surface area contributed by atoms with Gasteiger partial charge in [0, 0.05) is 17.4 Å². The molecule has 0 aliphatic rings. The van der Waals surface area contributed by atoms with Gasteiger partial charge in [0.15, 0.2) is 0 Å². The fourth-order valence-corrected chi connectivity index (χ4v) is 2.17. The van der Waals surface area contributed by atoms with E-state index in [2.05, 4.69) is 37.2 Å².